The molecule has 0 radical (unpaired) electrons. The van der Waals surface area contributed by atoms with Gasteiger partial charge >= 0.3 is 12.1 Å². The summed E-state index contributed by atoms with van der Waals surface area (Å²) < 4.78 is 44.5. The van der Waals surface area contributed by atoms with E-state index in [1.807, 2.05) is 0 Å². The highest BCUT2D eigenvalue weighted by Crippen LogP contribution is 2.14. The van der Waals surface area contributed by atoms with E-state index in [9.17, 15) is 22.8 Å². The van der Waals surface area contributed by atoms with E-state index in [4.69, 9.17) is 5.73 Å². The highest BCUT2D eigenvalue weighted by atomic mass is 19.4. The summed E-state index contributed by atoms with van der Waals surface area (Å²) >= 11 is 0. The van der Waals surface area contributed by atoms with Crippen LogP contribution in [0.4, 0.5) is 18.9 Å². The van der Waals surface area contributed by atoms with E-state index in [0.717, 1.165) is 10.6 Å². The zero-order chi connectivity index (χ0) is 14.5. The van der Waals surface area contributed by atoms with Crippen LogP contribution < -0.4 is 11.3 Å². The minimum absolute atomic E-state index is 0.265. The molecule has 19 heavy (non-hydrogen) atoms. The number of esters is 1. The predicted molar refractivity (Wildman–Crippen MR) is 58.1 cm³/mol. The molecule has 0 aliphatic carbocycles. The Morgan fingerprint density at radius 1 is 1.37 bits per heavy atom. The van der Waals surface area contributed by atoms with Crippen molar-refractivity contribution in [2.75, 3.05) is 19.1 Å². The third kappa shape index (κ3) is 5.91. The maximum absolute atomic E-state index is 11.7. The molecule has 106 valence electrons. The molecule has 0 saturated heterocycles. The third-order valence-electron chi connectivity index (χ3n) is 1.87. The number of hydrogen-bond donors (Lipinski definition) is 1. The standard InChI is InChI=1S/C10H11F3N2O4/c11-10(12,13)5-18-6-19-9(17)4-15-3-7(14)1-2-8(15)16/h1-3H,4-6,14H2. The number of nitrogens with two attached hydrogens (primary N) is 1. The molecule has 2 N–H and O–H groups in total. The van der Waals surface area contributed by atoms with E-state index < -0.39 is 37.6 Å². The molecule has 0 unspecified atom stereocenters. The quantitative estimate of drug-likeness (QED) is 0.482. The Morgan fingerprint density at radius 2 is 2.05 bits per heavy atom. The summed E-state index contributed by atoms with van der Waals surface area (Å²) in [5, 5.41) is 0. The van der Waals surface area contributed by atoms with Crippen molar-refractivity contribution in [2.24, 2.45) is 0 Å². The first-order valence-corrected chi connectivity index (χ1v) is 5.04. The smallest absolute Gasteiger partial charge is 0.411 e. The second kappa shape index (κ2) is 6.23. The maximum Gasteiger partial charge on any atom is 0.411 e. The molecule has 1 aromatic rings. The monoisotopic (exact) mass is 280 g/mol. The number of pyridine rings is 1. The molecule has 1 rings (SSSR count). The van der Waals surface area contributed by atoms with Gasteiger partial charge in [0.25, 0.3) is 5.56 Å². The fourth-order valence-electron chi connectivity index (χ4n) is 1.12. The van der Waals surface area contributed by atoms with Crippen LogP contribution in [0.3, 0.4) is 0 Å². The minimum Gasteiger partial charge on any atom is -0.437 e. The van der Waals surface area contributed by atoms with Crippen LogP contribution in [0.5, 0.6) is 0 Å². The van der Waals surface area contributed by atoms with Crippen molar-refractivity contribution in [1.29, 1.82) is 0 Å². The van der Waals surface area contributed by atoms with E-state index in [1.165, 1.54) is 12.3 Å². The molecule has 0 aliphatic heterocycles. The first-order chi connectivity index (χ1) is 8.78. The van der Waals surface area contributed by atoms with Gasteiger partial charge in [-0.25, -0.2) is 0 Å². The molecule has 1 heterocycles. The van der Waals surface area contributed by atoms with Crippen molar-refractivity contribution < 1.29 is 27.4 Å². The van der Waals surface area contributed by atoms with E-state index in [-0.39, 0.29) is 5.69 Å². The first kappa shape index (κ1) is 15.0. The molecule has 1 aromatic heterocycles. The predicted octanol–water partition coefficient (Wildman–Crippen LogP) is 0.510. The highest BCUT2D eigenvalue weighted by molar-refractivity contribution is 5.69. The highest BCUT2D eigenvalue weighted by Gasteiger charge is 2.27. The summed E-state index contributed by atoms with van der Waals surface area (Å²) in [7, 11) is 0. The van der Waals surface area contributed by atoms with Crippen molar-refractivity contribution in [3.63, 3.8) is 0 Å². The number of carbonyl (C=O) groups is 1. The Balaban J connectivity index is 2.39. The molecule has 0 aromatic carbocycles. The number of nitrogen functional groups attached to an aromatic ring is 1. The third-order valence-corrected chi connectivity index (χ3v) is 1.87. The van der Waals surface area contributed by atoms with Gasteiger partial charge < -0.3 is 19.8 Å². The number of hydrogen-bond acceptors (Lipinski definition) is 5. The number of rotatable bonds is 5. The lowest BCUT2D eigenvalue weighted by Crippen LogP contribution is -2.26. The molecule has 0 bridgehead atoms. The fraction of sp³-hybridized carbons (Fsp3) is 0.400. The van der Waals surface area contributed by atoms with Crippen molar-refractivity contribution in [3.8, 4) is 0 Å². The molecular formula is C10H11F3N2O4. The number of anilines is 1. The SMILES string of the molecule is Nc1ccc(=O)n(CC(=O)OCOCC(F)(F)F)c1. The average molecular weight is 280 g/mol. The van der Waals surface area contributed by atoms with Crippen LogP contribution in [0.2, 0.25) is 0 Å². The van der Waals surface area contributed by atoms with Crippen LogP contribution in [0.25, 0.3) is 0 Å². The van der Waals surface area contributed by atoms with Gasteiger partial charge in [0.05, 0.1) is 0 Å². The minimum atomic E-state index is -4.49. The van der Waals surface area contributed by atoms with Crippen molar-refractivity contribution in [2.45, 2.75) is 12.7 Å². The van der Waals surface area contributed by atoms with Gasteiger partial charge in [-0.3, -0.25) is 9.59 Å². The van der Waals surface area contributed by atoms with Gasteiger partial charge in [0, 0.05) is 18.0 Å². The van der Waals surface area contributed by atoms with Gasteiger partial charge in [0.2, 0.25) is 0 Å². The number of aromatic nitrogens is 1. The van der Waals surface area contributed by atoms with Gasteiger partial charge in [-0.15, -0.1) is 0 Å². The summed E-state index contributed by atoms with van der Waals surface area (Å²) in [4.78, 5) is 22.5. The largest absolute Gasteiger partial charge is 0.437 e. The van der Waals surface area contributed by atoms with Gasteiger partial charge in [-0.2, -0.15) is 13.2 Å². The summed E-state index contributed by atoms with van der Waals surface area (Å²) in [6, 6.07) is 2.51. The van der Waals surface area contributed by atoms with Crippen LogP contribution >= 0.6 is 0 Å². The zero-order valence-corrected chi connectivity index (χ0v) is 9.64. The molecule has 0 atom stereocenters. The van der Waals surface area contributed by atoms with Gasteiger partial charge in [-0.05, 0) is 6.07 Å². The summed E-state index contributed by atoms with van der Waals surface area (Å²) in [5.74, 6) is -0.908. The topological polar surface area (TPSA) is 83.6 Å². The molecule has 0 saturated carbocycles. The first-order valence-electron chi connectivity index (χ1n) is 5.04. The van der Waals surface area contributed by atoms with E-state index in [1.54, 1.807) is 0 Å². The van der Waals surface area contributed by atoms with Gasteiger partial charge in [-0.1, -0.05) is 0 Å². The molecule has 0 aliphatic rings. The average Bonchev–Trinajstić information content (AvgIpc) is 2.28. The second-order valence-corrected chi connectivity index (χ2v) is 3.53. The zero-order valence-electron chi connectivity index (χ0n) is 9.64. The molecule has 6 nitrogen and oxygen atoms in total. The van der Waals surface area contributed by atoms with Gasteiger partial charge in [0.15, 0.2) is 6.79 Å². The lowest BCUT2D eigenvalue weighted by Gasteiger charge is -2.09. The molecular weight excluding hydrogens is 269 g/mol. The summed E-state index contributed by atoms with van der Waals surface area (Å²) in [6.45, 7) is -2.81. The van der Waals surface area contributed by atoms with Crippen molar-refractivity contribution in [1.82, 2.24) is 4.57 Å². The number of carbonyl (C=O) groups excluding carboxylic acids is 1. The van der Waals surface area contributed by atoms with Crippen LogP contribution in [-0.2, 0) is 20.8 Å². The van der Waals surface area contributed by atoms with E-state index in [0.29, 0.717) is 0 Å². The summed E-state index contributed by atoms with van der Waals surface area (Å²) in [6.07, 6.45) is -3.27. The molecule has 0 fully saturated rings. The lowest BCUT2D eigenvalue weighted by molar-refractivity contribution is -0.200. The Morgan fingerprint density at radius 3 is 2.68 bits per heavy atom. The Labute approximate surface area is 105 Å². The Bertz CT molecular complexity index is 498. The van der Waals surface area contributed by atoms with Crippen molar-refractivity contribution >= 4 is 11.7 Å². The number of ether oxygens (including phenoxy) is 2. The van der Waals surface area contributed by atoms with E-state index >= 15 is 0 Å². The van der Waals surface area contributed by atoms with Gasteiger partial charge in [0.1, 0.15) is 13.2 Å². The molecule has 9 heteroatoms. The molecule has 0 amide bonds. The van der Waals surface area contributed by atoms with E-state index in [2.05, 4.69) is 9.47 Å². The van der Waals surface area contributed by atoms with Crippen LogP contribution in [-0.4, -0.2) is 30.1 Å². The van der Waals surface area contributed by atoms with Crippen LogP contribution in [0.15, 0.2) is 23.1 Å². The number of alkyl halides is 3. The Hall–Kier alpha value is -2.03. The lowest BCUT2D eigenvalue weighted by atomic mass is 10.4. The number of nitrogens with zero attached hydrogens (tertiary/aromatic N) is 1. The number of halogens is 3. The van der Waals surface area contributed by atoms with Crippen molar-refractivity contribution in [3.05, 3.63) is 28.7 Å². The fourth-order valence-corrected chi connectivity index (χ4v) is 1.12. The van der Waals surface area contributed by atoms with Crippen LogP contribution in [0.1, 0.15) is 0 Å². The molecule has 0 spiro atoms. The second-order valence-electron chi connectivity index (χ2n) is 3.53. The maximum atomic E-state index is 11.7. The Kier molecular flexibility index (Phi) is 4.93. The van der Waals surface area contributed by atoms with Crippen LogP contribution in [0, 0.1) is 0 Å². The summed E-state index contributed by atoms with van der Waals surface area (Å²) in [5.41, 5.74) is 5.19. The normalized spacial score (nSPS) is 11.3.